The highest BCUT2D eigenvalue weighted by Crippen LogP contribution is 2.39. The number of halogens is 3. The van der Waals surface area contributed by atoms with Crippen molar-refractivity contribution >= 4 is 0 Å². The summed E-state index contributed by atoms with van der Waals surface area (Å²) in [5.74, 6) is 0.281. The Bertz CT molecular complexity index is 429. The van der Waals surface area contributed by atoms with Crippen LogP contribution in [0.4, 0.5) is 13.2 Å². The lowest BCUT2D eigenvalue weighted by Crippen LogP contribution is -2.35. The predicted octanol–water partition coefficient (Wildman–Crippen LogP) is 3.92. The third-order valence-corrected chi connectivity index (χ3v) is 2.93. The highest BCUT2D eigenvalue weighted by atomic mass is 19.4. The Morgan fingerprint density at radius 2 is 1.89 bits per heavy atom. The van der Waals surface area contributed by atoms with Gasteiger partial charge < -0.3 is 10.1 Å². The quantitative estimate of drug-likeness (QED) is 0.879. The fourth-order valence-corrected chi connectivity index (χ4v) is 2.15. The van der Waals surface area contributed by atoms with E-state index in [2.05, 4.69) is 5.32 Å². The van der Waals surface area contributed by atoms with Crippen molar-refractivity contribution in [3.63, 3.8) is 0 Å². The van der Waals surface area contributed by atoms with Crippen LogP contribution in [0.25, 0.3) is 0 Å². The first-order chi connectivity index (χ1) is 8.81. The molecule has 0 radical (unpaired) electrons. The smallest absolute Gasteiger partial charge is 0.408 e. The van der Waals surface area contributed by atoms with Gasteiger partial charge in [-0.05, 0) is 44.0 Å². The van der Waals surface area contributed by atoms with Gasteiger partial charge in [-0.15, -0.1) is 0 Å². The van der Waals surface area contributed by atoms with E-state index in [4.69, 9.17) is 4.74 Å². The lowest BCUT2D eigenvalue weighted by molar-refractivity contribution is -0.158. The molecule has 1 atom stereocenters. The van der Waals surface area contributed by atoms with Gasteiger partial charge in [0, 0.05) is 5.56 Å². The van der Waals surface area contributed by atoms with E-state index in [0.717, 1.165) is 5.56 Å². The second-order valence-electron chi connectivity index (χ2n) is 4.63. The van der Waals surface area contributed by atoms with Crippen LogP contribution in [0, 0.1) is 13.8 Å². The minimum atomic E-state index is -4.34. The van der Waals surface area contributed by atoms with E-state index < -0.39 is 12.2 Å². The normalized spacial score (nSPS) is 13.4. The lowest BCUT2D eigenvalue weighted by atomic mass is 9.97. The number of aryl methyl sites for hydroxylation is 2. The van der Waals surface area contributed by atoms with Gasteiger partial charge in [-0.3, -0.25) is 0 Å². The first-order valence-corrected chi connectivity index (χ1v) is 6.26. The molecule has 0 heterocycles. The SMILES string of the molecule is CCCNC(c1c(C)cc(C)cc1OC)C(F)(F)F. The van der Waals surface area contributed by atoms with Crippen LogP contribution < -0.4 is 10.1 Å². The second-order valence-corrected chi connectivity index (χ2v) is 4.63. The number of hydrogen-bond donors (Lipinski definition) is 1. The van der Waals surface area contributed by atoms with E-state index in [1.807, 2.05) is 13.8 Å². The fraction of sp³-hybridized carbons (Fsp3) is 0.571. The molecule has 0 aliphatic carbocycles. The van der Waals surface area contributed by atoms with Crippen LogP contribution in [0.15, 0.2) is 12.1 Å². The maximum absolute atomic E-state index is 13.2. The van der Waals surface area contributed by atoms with E-state index in [1.54, 1.807) is 19.1 Å². The zero-order chi connectivity index (χ0) is 14.6. The van der Waals surface area contributed by atoms with Gasteiger partial charge >= 0.3 is 6.18 Å². The average molecular weight is 275 g/mol. The maximum atomic E-state index is 13.2. The van der Waals surface area contributed by atoms with Crippen LogP contribution in [-0.2, 0) is 0 Å². The van der Waals surface area contributed by atoms with Crippen LogP contribution in [0.5, 0.6) is 5.75 Å². The predicted molar refractivity (Wildman–Crippen MR) is 69.6 cm³/mol. The second kappa shape index (κ2) is 6.28. The van der Waals surface area contributed by atoms with E-state index in [-0.39, 0.29) is 11.3 Å². The summed E-state index contributed by atoms with van der Waals surface area (Å²) in [6, 6.07) is 1.68. The van der Waals surface area contributed by atoms with Crippen molar-refractivity contribution in [1.29, 1.82) is 0 Å². The van der Waals surface area contributed by atoms with Gasteiger partial charge in [-0.1, -0.05) is 13.0 Å². The number of alkyl halides is 3. The molecule has 0 bridgehead atoms. The Morgan fingerprint density at radius 1 is 1.26 bits per heavy atom. The Hall–Kier alpha value is -1.23. The molecule has 108 valence electrons. The molecule has 1 rings (SSSR count). The summed E-state index contributed by atoms with van der Waals surface area (Å²) in [4.78, 5) is 0. The van der Waals surface area contributed by atoms with E-state index in [1.165, 1.54) is 7.11 Å². The Balaban J connectivity index is 3.29. The summed E-state index contributed by atoms with van der Waals surface area (Å²) in [7, 11) is 1.39. The summed E-state index contributed by atoms with van der Waals surface area (Å²) < 4.78 is 44.7. The van der Waals surface area contributed by atoms with Crippen molar-refractivity contribution in [2.75, 3.05) is 13.7 Å². The van der Waals surface area contributed by atoms with Crippen LogP contribution in [-0.4, -0.2) is 19.8 Å². The topological polar surface area (TPSA) is 21.3 Å². The largest absolute Gasteiger partial charge is 0.496 e. The monoisotopic (exact) mass is 275 g/mol. The summed E-state index contributed by atoms with van der Waals surface area (Å²) >= 11 is 0. The minimum Gasteiger partial charge on any atom is -0.496 e. The van der Waals surface area contributed by atoms with Gasteiger partial charge in [-0.2, -0.15) is 13.2 Å². The molecule has 1 aromatic carbocycles. The van der Waals surface area contributed by atoms with Crippen LogP contribution >= 0.6 is 0 Å². The molecular formula is C14H20F3NO. The summed E-state index contributed by atoms with van der Waals surface area (Å²) in [6.45, 7) is 5.65. The molecule has 0 amide bonds. The summed E-state index contributed by atoms with van der Waals surface area (Å²) in [6.07, 6.45) is -3.71. The zero-order valence-corrected chi connectivity index (χ0v) is 11.7. The first-order valence-electron chi connectivity index (χ1n) is 6.26. The standard InChI is InChI=1S/C14H20F3NO/c1-5-6-18-13(14(15,16)17)12-10(3)7-9(2)8-11(12)19-4/h7-8,13,18H,5-6H2,1-4H3. The molecule has 5 heteroatoms. The van der Waals surface area contributed by atoms with Crippen LogP contribution in [0.3, 0.4) is 0 Å². The minimum absolute atomic E-state index is 0.175. The number of ether oxygens (including phenoxy) is 1. The highest BCUT2D eigenvalue weighted by Gasteiger charge is 2.42. The molecule has 1 N–H and O–H groups in total. The van der Waals surface area contributed by atoms with E-state index >= 15 is 0 Å². The molecule has 1 unspecified atom stereocenters. The third kappa shape index (κ3) is 3.86. The molecule has 0 aliphatic heterocycles. The van der Waals surface area contributed by atoms with Gasteiger partial charge in [0.05, 0.1) is 7.11 Å². The lowest BCUT2D eigenvalue weighted by Gasteiger charge is -2.25. The molecule has 1 aromatic rings. The molecule has 0 saturated carbocycles. The van der Waals surface area contributed by atoms with Gasteiger partial charge in [-0.25, -0.2) is 0 Å². The molecular weight excluding hydrogens is 255 g/mol. The third-order valence-electron chi connectivity index (χ3n) is 2.93. The van der Waals surface area contributed by atoms with Crippen molar-refractivity contribution < 1.29 is 17.9 Å². The molecule has 2 nitrogen and oxygen atoms in total. The van der Waals surface area contributed by atoms with Crippen molar-refractivity contribution in [3.8, 4) is 5.75 Å². The number of methoxy groups -OCH3 is 1. The van der Waals surface area contributed by atoms with Gasteiger partial charge in [0.1, 0.15) is 11.8 Å². The Morgan fingerprint density at radius 3 is 2.37 bits per heavy atom. The molecule has 0 fully saturated rings. The molecule has 0 saturated heterocycles. The number of nitrogens with one attached hydrogen (secondary N) is 1. The van der Waals surface area contributed by atoms with E-state index in [9.17, 15) is 13.2 Å². The van der Waals surface area contributed by atoms with E-state index in [0.29, 0.717) is 18.5 Å². The molecule has 0 aromatic heterocycles. The molecule has 0 spiro atoms. The van der Waals surface area contributed by atoms with Gasteiger partial charge in [0.25, 0.3) is 0 Å². The zero-order valence-electron chi connectivity index (χ0n) is 11.7. The summed E-state index contributed by atoms with van der Waals surface area (Å²) in [5, 5.41) is 2.56. The highest BCUT2D eigenvalue weighted by molar-refractivity contribution is 5.45. The first kappa shape index (κ1) is 15.8. The summed E-state index contributed by atoms with van der Waals surface area (Å²) in [5.41, 5.74) is 1.64. The van der Waals surface area contributed by atoms with Crippen molar-refractivity contribution in [1.82, 2.24) is 5.32 Å². The maximum Gasteiger partial charge on any atom is 0.408 e. The molecule has 19 heavy (non-hydrogen) atoms. The number of hydrogen-bond acceptors (Lipinski definition) is 2. The molecule has 0 aliphatic rings. The fourth-order valence-electron chi connectivity index (χ4n) is 2.15. The van der Waals surface area contributed by atoms with Crippen molar-refractivity contribution in [3.05, 3.63) is 28.8 Å². The average Bonchev–Trinajstić information content (AvgIpc) is 2.29. The Kier molecular flexibility index (Phi) is 5.23. The Labute approximate surface area is 112 Å². The van der Waals surface area contributed by atoms with Crippen molar-refractivity contribution in [2.24, 2.45) is 0 Å². The van der Waals surface area contributed by atoms with Crippen LogP contribution in [0.2, 0.25) is 0 Å². The van der Waals surface area contributed by atoms with Gasteiger partial charge in [0.2, 0.25) is 0 Å². The van der Waals surface area contributed by atoms with Crippen molar-refractivity contribution in [2.45, 2.75) is 39.4 Å². The van der Waals surface area contributed by atoms with Gasteiger partial charge in [0.15, 0.2) is 0 Å². The van der Waals surface area contributed by atoms with Crippen LogP contribution in [0.1, 0.15) is 36.1 Å². The number of rotatable bonds is 5. The number of benzene rings is 1.